The molecule has 21 heavy (non-hydrogen) atoms. The van der Waals surface area contributed by atoms with Crippen LogP contribution in [-0.2, 0) is 11.3 Å². The summed E-state index contributed by atoms with van der Waals surface area (Å²) < 4.78 is 9.61. The van der Waals surface area contributed by atoms with Gasteiger partial charge < -0.3 is 9.30 Å². The highest BCUT2D eigenvalue weighted by atomic mass is 32.2. The Labute approximate surface area is 128 Å². The molecule has 1 saturated heterocycles. The molecule has 6 nitrogen and oxygen atoms in total. The maximum atomic E-state index is 5.38. The fourth-order valence-corrected chi connectivity index (χ4v) is 3.43. The Balaban J connectivity index is 1.67. The molecule has 0 N–H and O–H groups in total. The van der Waals surface area contributed by atoms with Crippen LogP contribution in [-0.4, -0.2) is 76.1 Å². The number of hydrogen-bond donors (Lipinski definition) is 0. The first-order valence-electron chi connectivity index (χ1n) is 7.29. The lowest BCUT2D eigenvalue weighted by atomic mass is 10.2. The van der Waals surface area contributed by atoms with Crippen LogP contribution in [0, 0.1) is 6.92 Å². The van der Waals surface area contributed by atoms with Gasteiger partial charge in [-0.25, -0.2) is 9.40 Å². The first kappa shape index (κ1) is 14.7. The number of aromatic nitrogens is 2. The summed E-state index contributed by atoms with van der Waals surface area (Å²) in [7, 11) is 2.09. The highest BCUT2D eigenvalue weighted by molar-refractivity contribution is 8.13. The molecule has 3 heterocycles. The zero-order valence-electron chi connectivity index (χ0n) is 12.9. The number of hydrogen-bond acceptors (Lipinski definition) is 5. The van der Waals surface area contributed by atoms with Gasteiger partial charge in [0.2, 0.25) is 0 Å². The molecule has 0 saturated carbocycles. The Kier molecular flexibility index (Phi) is 4.42. The normalized spacial score (nSPS) is 23.3. The summed E-state index contributed by atoms with van der Waals surface area (Å²) in [5.74, 6) is 0. The van der Waals surface area contributed by atoms with Gasteiger partial charge in [0.25, 0.3) is 0 Å². The van der Waals surface area contributed by atoms with E-state index in [1.165, 1.54) is 5.69 Å². The van der Waals surface area contributed by atoms with E-state index in [4.69, 9.17) is 4.74 Å². The maximum Gasteiger partial charge on any atom is 0.119 e. The minimum atomic E-state index is 0.0785. The van der Waals surface area contributed by atoms with Crippen molar-refractivity contribution >= 4 is 21.7 Å². The van der Waals surface area contributed by atoms with Crippen LogP contribution < -0.4 is 0 Å². The van der Waals surface area contributed by atoms with Crippen LogP contribution in [0.5, 0.6) is 0 Å². The van der Waals surface area contributed by atoms with Gasteiger partial charge >= 0.3 is 0 Å². The summed E-state index contributed by atoms with van der Waals surface area (Å²) in [6.45, 7) is 7.92. The van der Waals surface area contributed by atoms with Crippen LogP contribution in [0.1, 0.15) is 11.4 Å². The largest absolute Gasteiger partial charge is 0.379 e. The SMILES string of the molecule is Cc1c(C2=NN(C)S(C)=C2)ncn1CCN1CCOCC1. The van der Waals surface area contributed by atoms with E-state index in [1.807, 2.05) is 17.8 Å². The molecule has 0 aliphatic carbocycles. The monoisotopic (exact) mass is 309 g/mol. The van der Waals surface area contributed by atoms with Gasteiger partial charge in [-0.05, 0) is 13.2 Å². The molecule has 0 radical (unpaired) electrons. The number of imidazole rings is 1. The fourth-order valence-electron chi connectivity index (χ4n) is 2.58. The van der Waals surface area contributed by atoms with Crippen molar-refractivity contribution in [3.05, 3.63) is 17.7 Å². The molecule has 116 valence electrons. The van der Waals surface area contributed by atoms with Crippen molar-refractivity contribution in [2.24, 2.45) is 5.10 Å². The summed E-state index contributed by atoms with van der Waals surface area (Å²) in [5, 5.41) is 6.76. The van der Waals surface area contributed by atoms with Crippen molar-refractivity contribution in [1.82, 2.24) is 18.9 Å². The van der Waals surface area contributed by atoms with Gasteiger partial charge in [-0.1, -0.05) is 10.7 Å². The van der Waals surface area contributed by atoms with E-state index in [0.717, 1.165) is 50.8 Å². The van der Waals surface area contributed by atoms with Crippen molar-refractivity contribution in [3.8, 4) is 0 Å². The number of hydrazone groups is 1. The topological polar surface area (TPSA) is 45.9 Å². The van der Waals surface area contributed by atoms with Crippen molar-refractivity contribution in [2.75, 3.05) is 46.2 Å². The maximum absolute atomic E-state index is 5.38. The molecule has 0 spiro atoms. The predicted molar refractivity (Wildman–Crippen MR) is 88.1 cm³/mol. The Morgan fingerprint density at radius 2 is 2.05 bits per heavy atom. The van der Waals surface area contributed by atoms with E-state index in [2.05, 4.69) is 38.1 Å². The zero-order valence-corrected chi connectivity index (χ0v) is 13.8. The van der Waals surface area contributed by atoms with E-state index in [0.29, 0.717) is 0 Å². The Morgan fingerprint density at radius 3 is 2.71 bits per heavy atom. The highest BCUT2D eigenvalue weighted by Gasteiger charge is 2.17. The Morgan fingerprint density at radius 1 is 1.29 bits per heavy atom. The average molecular weight is 309 g/mol. The third-order valence-corrected chi connectivity index (χ3v) is 5.53. The minimum Gasteiger partial charge on any atom is -0.379 e. The van der Waals surface area contributed by atoms with Crippen LogP contribution in [0.25, 0.3) is 0 Å². The van der Waals surface area contributed by atoms with Gasteiger partial charge in [-0.15, -0.1) is 0 Å². The third kappa shape index (κ3) is 3.20. The van der Waals surface area contributed by atoms with Crippen LogP contribution >= 0.6 is 10.7 Å². The molecule has 1 unspecified atom stereocenters. The molecule has 0 aromatic carbocycles. The molecule has 2 aliphatic heterocycles. The first-order valence-corrected chi connectivity index (χ1v) is 8.94. The molecular weight excluding hydrogens is 286 g/mol. The van der Waals surface area contributed by atoms with Crippen LogP contribution in [0.2, 0.25) is 0 Å². The van der Waals surface area contributed by atoms with Gasteiger partial charge in [-0.2, -0.15) is 5.10 Å². The predicted octanol–water partition coefficient (Wildman–Crippen LogP) is 0.789. The van der Waals surface area contributed by atoms with Crippen molar-refractivity contribution in [1.29, 1.82) is 0 Å². The lowest BCUT2D eigenvalue weighted by Gasteiger charge is -2.26. The van der Waals surface area contributed by atoms with Crippen LogP contribution in [0.3, 0.4) is 0 Å². The van der Waals surface area contributed by atoms with Crippen molar-refractivity contribution < 1.29 is 4.74 Å². The molecule has 1 atom stereocenters. The van der Waals surface area contributed by atoms with E-state index >= 15 is 0 Å². The molecule has 1 fully saturated rings. The van der Waals surface area contributed by atoms with Gasteiger partial charge in [0, 0.05) is 44.3 Å². The summed E-state index contributed by atoms with van der Waals surface area (Å²) >= 11 is 0. The van der Waals surface area contributed by atoms with E-state index in [-0.39, 0.29) is 10.7 Å². The Hall–Kier alpha value is -1.18. The molecule has 0 amide bonds. The number of rotatable bonds is 4. The van der Waals surface area contributed by atoms with E-state index in [1.54, 1.807) is 0 Å². The van der Waals surface area contributed by atoms with Gasteiger partial charge in [0.15, 0.2) is 0 Å². The number of nitrogens with zero attached hydrogens (tertiary/aromatic N) is 5. The summed E-state index contributed by atoms with van der Waals surface area (Å²) in [6, 6.07) is 0. The second-order valence-corrected chi connectivity index (χ2v) is 7.23. The van der Waals surface area contributed by atoms with Gasteiger partial charge in [0.05, 0.1) is 19.5 Å². The molecule has 1 aromatic heterocycles. The van der Waals surface area contributed by atoms with Gasteiger partial charge in [0.1, 0.15) is 11.4 Å². The highest BCUT2D eigenvalue weighted by Crippen LogP contribution is 2.21. The second-order valence-electron chi connectivity index (χ2n) is 5.42. The van der Waals surface area contributed by atoms with Crippen molar-refractivity contribution in [3.63, 3.8) is 0 Å². The molecule has 7 heteroatoms. The number of ether oxygens (including phenoxy) is 1. The second kappa shape index (κ2) is 6.29. The summed E-state index contributed by atoms with van der Waals surface area (Å²) in [5.41, 5.74) is 3.22. The Bertz CT molecular complexity index is 574. The zero-order chi connectivity index (χ0) is 14.8. The lowest BCUT2D eigenvalue weighted by Crippen LogP contribution is -2.38. The standard InChI is InChI=1S/C14H23N5OS/c1-12-14(13-10-21(3)17(2)16-13)15-11-19(12)5-4-18-6-8-20-9-7-18/h10-11H,4-9H2,1-3H3. The quantitative estimate of drug-likeness (QED) is 0.772. The average Bonchev–Trinajstić information content (AvgIpc) is 3.01. The summed E-state index contributed by atoms with van der Waals surface area (Å²) in [6.07, 6.45) is 4.11. The van der Waals surface area contributed by atoms with Crippen LogP contribution in [0.15, 0.2) is 11.4 Å². The smallest absolute Gasteiger partial charge is 0.119 e. The first-order chi connectivity index (χ1) is 10.1. The minimum absolute atomic E-state index is 0.0785. The van der Waals surface area contributed by atoms with Crippen LogP contribution in [0.4, 0.5) is 0 Å². The van der Waals surface area contributed by atoms with Gasteiger partial charge in [-0.3, -0.25) is 4.90 Å². The van der Waals surface area contributed by atoms with Crippen molar-refractivity contribution in [2.45, 2.75) is 13.5 Å². The molecule has 3 rings (SSSR count). The lowest BCUT2D eigenvalue weighted by molar-refractivity contribution is 0.0363. The molecule has 2 aliphatic rings. The molecule has 1 aromatic rings. The number of morpholine rings is 1. The third-order valence-electron chi connectivity index (χ3n) is 4.05. The molecular formula is C14H23N5OS. The fraction of sp³-hybridized carbons (Fsp3) is 0.643. The molecule has 0 bridgehead atoms. The van der Waals surface area contributed by atoms with E-state index in [9.17, 15) is 0 Å². The van der Waals surface area contributed by atoms with E-state index < -0.39 is 0 Å². The summed E-state index contributed by atoms with van der Waals surface area (Å²) in [4.78, 5) is 7.01.